The van der Waals surface area contributed by atoms with Crippen molar-refractivity contribution < 1.29 is 0 Å². The van der Waals surface area contributed by atoms with Crippen LogP contribution in [0.4, 0.5) is 0 Å². The molecule has 0 unspecified atom stereocenters. The zero-order valence-electron chi connectivity index (χ0n) is 3.12. The van der Waals surface area contributed by atoms with Gasteiger partial charge in [0.1, 0.15) is 0 Å². The molecule has 0 saturated carbocycles. The summed E-state index contributed by atoms with van der Waals surface area (Å²) in [5.41, 5.74) is 0. The topological polar surface area (TPSA) is 47.7 Å². The Bertz CT molecular complexity index is 65.7. The van der Waals surface area contributed by atoms with Crippen molar-refractivity contribution >= 4 is 10.5 Å². The monoisotopic (exact) mass is 91.0 g/mol. The summed E-state index contributed by atoms with van der Waals surface area (Å²) >= 11 is 0. The quantitative estimate of drug-likeness (QED) is 0.455. The van der Waals surface area contributed by atoms with Gasteiger partial charge in [-0.2, -0.15) is 0 Å². The van der Waals surface area contributed by atoms with Crippen molar-refractivity contribution in [3.63, 3.8) is 0 Å². The summed E-state index contributed by atoms with van der Waals surface area (Å²) in [4.78, 5) is 0. The summed E-state index contributed by atoms with van der Waals surface area (Å²) in [7, 11) is -0.823. The van der Waals surface area contributed by atoms with Crippen molar-refractivity contribution in [2.75, 3.05) is 5.75 Å². The average Bonchev–Trinajstić information content (AvgIpc) is 1.38. The molecule has 32 valence electrons. The molecule has 0 amide bonds. The molecule has 0 aliphatic rings. The molecule has 0 saturated heterocycles. The van der Waals surface area contributed by atoms with E-state index < -0.39 is 10.5 Å². The van der Waals surface area contributed by atoms with Crippen LogP contribution in [0, 0.1) is 9.56 Å². The maximum absolute atomic E-state index is 6.52. The highest BCUT2D eigenvalue weighted by atomic mass is 32.2. The molecule has 0 bridgehead atoms. The molecule has 0 aliphatic carbocycles. The van der Waals surface area contributed by atoms with Gasteiger partial charge in [-0.3, -0.25) is 0 Å². The first-order valence-electron chi connectivity index (χ1n) is 1.40. The molecule has 3 heteroatoms. The molecule has 0 radical (unpaired) electrons. The number of hydrogen-bond donors (Lipinski definition) is 2. The van der Waals surface area contributed by atoms with Crippen molar-refractivity contribution in [1.29, 1.82) is 9.56 Å². The smallest absolute Gasteiger partial charge is 0.0820 e. The van der Waals surface area contributed by atoms with Gasteiger partial charge in [0.25, 0.3) is 0 Å². The standard InChI is InChI=1S/C2H7N2S/c1-2-5(3)4/h3-4H,2H2,1H3/q-1. The third-order valence-electron chi connectivity index (χ3n) is 0.289. The second-order valence-corrected chi connectivity index (χ2v) is 2.04. The van der Waals surface area contributed by atoms with E-state index in [4.69, 9.17) is 9.56 Å². The van der Waals surface area contributed by atoms with Crippen LogP contribution in [0.3, 0.4) is 0 Å². The molecule has 0 atom stereocenters. The van der Waals surface area contributed by atoms with E-state index in [-0.39, 0.29) is 0 Å². The summed E-state index contributed by atoms with van der Waals surface area (Å²) in [5, 5.41) is 0. The third-order valence-corrected chi connectivity index (χ3v) is 0.866. The van der Waals surface area contributed by atoms with E-state index in [2.05, 4.69) is 0 Å². The minimum absolute atomic E-state index is 0.667. The third kappa shape index (κ3) is 3.95. The number of hydrogen-bond acceptors (Lipinski definition) is 3. The molecule has 2 N–H and O–H groups in total. The minimum atomic E-state index is -0.823. The molecule has 0 rings (SSSR count). The van der Waals surface area contributed by atoms with Crippen LogP contribution in [0.2, 0.25) is 0 Å². The highest BCUT2D eigenvalue weighted by Gasteiger charge is 1.41. The Morgan fingerprint density at radius 1 is 1.60 bits per heavy atom. The molecule has 0 spiro atoms. The van der Waals surface area contributed by atoms with E-state index in [1.54, 1.807) is 0 Å². The van der Waals surface area contributed by atoms with Gasteiger partial charge in [-0.25, -0.2) is 0 Å². The van der Waals surface area contributed by atoms with Crippen LogP contribution in [-0.4, -0.2) is 5.75 Å². The van der Waals surface area contributed by atoms with Crippen LogP contribution >= 0.6 is 0 Å². The second-order valence-electron chi connectivity index (χ2n) is 0.679. The Morgan fingerprint density at radius 2 is 1.80 bits per heavy atom. The summed E-state index contributed by atoms with van der Waals surface area (Å²) in [6, 6.07) is 0. The molecule has 0 aromatic rings. The maximum atomic E-state index is 6.52. The van der Waals surface area contributed by atoms with Crippen molar-refractivity contribution in [3.05, 3.63) is 0 Å². The molecule has 5 heavy (non-hydrogen) atoms. The fraction of sp³-hybridized carbons (Fsp3) is 1.00. The van der Waals surface area contributed by atoms with Crippen LogP contribution in [0.15, 0.2) is 0 Å². The van der Waals surface area contributed by atoms with Gasteiger partial charge in [0.05, 0.1) is 0 Å². The summed E-state index contributed by atoms with van der Waals surface area (Å²) < 4.78 is 13.0. The molecule has 0 aromatic carbocycles. The molecular weight excluding hydrogens is 84.1 g/mol. The average molecular weight is 91.2 g/mol. The van der Waals surface area contributed by atoms with Crippen LogP contribution in [0.5, 0.6) is 0 Å². The SMILES string of the molecule is CC[S-](=N)=N. The van der Waals surface area contributed by atoms with E-state index in [1.165, 1.54) is 0 Å². The second kappa shape index (κ2) is 2.20. The Balaban J connectivity index is 3.23. The first kappa shape index (κ1) is 4.95. The first-order chi connectivity index (χ1) is 2.27. The molecule has 2 nitrogen and oxygen atoms in total. The Morgan fingerprint density at radius 3 is 1.80 bits per heavy atom. The van der Waals surface area contributed by atoms with E-state index in [0.29, 0.717) is 5.75 Å². The number of rotatable bonds is 1. The molecule has 0 aliphatic heterocycles. The lowest BCUT2D eigenvalue weighted by molar-refractivity contribution is 1.44. The largest absolute Gasteiger partial charge is 0.435 e. The van der Waals surface area contributed by atoms with Gasteiger partial charge in [-0.1, -0.05) is 6.92 Å². The van der Waals surface area contributed by atoms with Crippen molar-refractivity contribution in [1.82, 2.24) is 0 Å². The van der Waals surface area contributed by atoms with Crippen LogP contribution in [0.25, 0.3) is 0 Å². The van der Waals surface area contributed by atoms with Gasteiger partial charge in [0.15, 0.2) is 0 Å². The minimum Gasteiger partial charge on any atom is -0.435 e. The van der Waals surface area contributed by atoms with E-state index in [1.807, 2.05) is 6.92 Å². The first-order valence-corrected chi connectivity index (χ1v) is 2.80. The summed E-state index contributed by atoms with van der Waals surface area (Å²) in [6.45, 7) is 1.84. The highest BCUT2D eigenvalue weighted by molar-refractivity contribution is 7.74. The molecule has 0 heterocycles. The Kier molecular flexibility index (Phi) is 2.18. The van der Waals surface area contributed by atoms with E-state index in [9.17, 15) is 0 Å². The predicted molar refractivity (Wildman–Crippen MR) is 23.3 cm³/mol. The van der Waals surface area contributed by atoms with E-state index in [0.717, 1.165) is 0 Å². The summed E-state index contributed by atoms with van der Waals surface area (Å²) in [5.74, 6) is 0.667. The van der Waals surface area contributed by atoms with Gasteiger partial charge in [0.2, 0.25) is 0 Å². The Hall–Kier alpha value is -0.0500. The van der Waals surface area contributed by atoms with Gasteiger partial charge in [0, 0.05) is 0 Å². The van der Waals surface area contributed by atoms with Gasteiger partial charge in [-0.15, -0.1) is 5.75 Å². The fourth-order valence-corrected chi connectivity index (χ4v) is 0. The highest BCUT2D eigenvalue weighted by Crippen LogP contribution is 1.58. The molecular formula is C2H7N2S-. The maximum Gasteiger partial charge on any atom is -0.0820 e. The normalized spacial score (nSPS) is 9.20. The predicted octanol–water partition coefficient (Wildman–Crippen LogP) is 1.15. The van der Waals surface area contributed by atoms with Crippen LogP contribution in [0.1, 0.15) is 6.92 Å². The number of nitrogens with one attached hydrogen (secondary N) is 2. The van der Waals surface area contributed by atoms with Crippen molar-refractivity contribution in [2.24, 2.45) is 0 Å². The lowest BCUT2D eigenvalue weighted by Gasteiger charge is -1.86. The van der Waals surface area contributed by atoms with Crippen LogP contribution in [-0.2, 0) is 10.5 Å². The fourth-order valence-electron chi connectivity index (χ4n) is 0. The lowest BCUT2D eigenvalue weighted by atomic mass is 11.0. The van der Waals surface area contributed by atoms with Crippen molar-refractivity contribution in [2.45, 2.75) is 6.92 Å². The van der Waals surface area contributed by atoms with Gasteiger partial charge >= 0.3 is 0 Å². The van der Waals surface area contributed by atoms with Crippen LogP contribution < -0.4 is 0 Å². The van der Waals surface area contributed by atoms with E-state index >= 15 is 0 Å². The van der Waals surface area contributed by atoms with Crippen molar-refractivity contribution in [3.8, 4) is 0 Å². The Labute approximate surface area is 33.6 Å². The van der Waals surface area contributed by atoms with Gasteiger partial charge < -0.3 is 20.0 Å². The molecule has 0 aromatic heterocycles. The zero-order chi connectivity index (χ0) is 4.28. The molecule has 0 fully saturated rings. The zero-order valence-corrected chi connectivity index (χ0v) is 3.93. The lowest BCUT2D eigenvalue weighted by Crippen LogP contribution is -1.67. The summed E-state index contributed by atoms with van der Waals surface area (Å²) in [6.07, 6.45) is 0. The van der Waals surface area contributed by atoms with Gasteiger partial charge in [-0.05, 0) is 0 Å².